The minimum atomic E-state index is 0.327. The predicted octanol–water partition coefficient (Wildman–Crippen LogP) is 1.69. The van der Waals surface area contributed by atoms with E-state index in [2.05, 4.69) is 4.98 Å². The molecule has 14 heavy (non-hydrogen) atoms. The second-order valence-electron chi connectivity index (χ2n) is 2.53. The van der Waals surface area contributed by atoms with E-state index >= 15 is 0 Å². The number of hydrogen-bond acceptors (Lipinski definition) is 4. The van der Waals surface area contributed by atoms with E-state index in [1.54, 1.807) is 12.1 Å². The van der Waals surface area contributed by atoms with Gasteiger partial charge in [-0.25, -0.2) is 0 Å². The van der Waals surface area contributed by atoms with Crippen molar-refractivity contribution in [2.24, 2.45) is 0 Å². The summed E-state index contributed by atoms with van der Waals surface area (Å²) >= 11 is 0. The van der Waals surface area contributed by atoms with Crippen molar-refractivity contribution in [3.05, 3.63) is 17.7 Å². The first-order valence-electron chi connectivity index (χ1n) is 4.53. The Hall–Kier alpha value is -1.58. The van der Waals surface area contributed by atoms with Crippen molar-refractivity contribution in [1.29, 1.82) is 0 Å². The standard InChI is InChI=1S/C10H13NO3/c1-3-13-9-6-5-8(7-12)10(11-9)14-4-2/h5-7H,3-4H2,1-2H3. The number of carbonyl (C=O) groups excluding carboxylic acids is 1. The molecule has 0 N–H and O–H groups in total. The Morgan fingerprint density at radius 1 is 1.29 bits per heavy atom. The summed E-state index contributed by atoms with van der Waals surface area (Å²) in [6.07, 6.45) is 0.716. The Balaban J connectivity index is 2.94. The second kappa shape index (κ2) is 5.21. The molecule has 0 amide bonds. The van der Waals surface area contributed by atoms with Gasteiger partial charge in [-0.3, -0.25) is 4.79 Å². The molecule has 0 aliphatic rings. The number of aromatic nitrogens is 1. The molecule has 0 fully saturated rings. The SMILES string of the molecule is CCOc1ccc(C=O)c(OCC)n1. The van der Waals surface area contributed by atoms with Crippen LogP contribution in [-0.4, -0.2) is 24.5 Å². The topological polar surface area (TPSA) is 48.4 Å². The van der Waals surface area contributed by atoms with Crippen LogP contribution >= 0.6 is 0 Å². The summed E-state index contributed by atoms with van der Waals surface area (Å²) in [6.45, 7) is 4.72. The Kier molecular flexibility index (Phi) is 3.91. The quantitative estimate of drug-likeness (QED) is 0.671. The number of carbonyl (C=O) groups is 1. The number of rotatable bonds is 5. The highest BCUT2D eigenvalue weighted by Gasteiger charge is 2.05. The van der Waals surface area contributed by atoms with Crippen molar-refractivity contribution in [2.45, 2.75) is 13.8 Å². The van der Waals surface area contributed by atoms with Crippen LogP contribution in [0.3, 0.4) is 0 Å². The lowest BCUT2D eigenvalue weighted by molar-refractivity contribution is 0.111. The van der Waals surface area contributed by atoms with Crippen LogP contribution in [0, 0.1) is 0 Å². The van der Waals surface area contributed by atoms with Crippen LogP contribution in [0.25, 0.3) is 0 Å². The summed E-state index contributed by atoms with van der Waals surface area (Å²) < 4.78 is 10.4. The van der Waals surface area contributed by atoms with E-state index in [0.717, 1.165) is 0 Å². The van der Waals surface area contributed by atoms with E-state index in [0.29, 0.717) is 36.8 Å². The summed E-state index contributed by atoms with van der Waals surface area (Å²) in [4.78, 5) is 14.7. The van der Waals surface area contributed by atoms with E-state index in [1.807, 2.05) is 13.8 Å². The Morgan fingerprint density at radius 3 is 2.57 bits per heavy atom. The number of pyridine rings is 1. The van der Waals surface area contributed by atoms with Crippen LogP contribution in [0.2, 0.25) is 0 Å². The van der Waals surface area contributed by atoms with Gasteiger partial charge in [0.25, 0.3) is 0 Å². The van der Waals surface area contributed by atoms with Crippen molar-refractivity contribution in [1.82, 2.24) is 4.98 Å². The van der Waals surface area contributed by atoms with E-state index in [4.69, 9.17) is 9.47 Å². The van der Waals surface area contributed by atoms with Crippen LogP contribution < -0.4 is 9.47 Å². The lowest BCUT2D eigenvalue weighted by Gasteiger charge is -2.07. The fourth-order valence-electron chi connectivity index (χ4n) is 1.00. The largest absolute Gasteiger partial charge is 0.478 e. The van der Waals surface area contributed by atoms with Gasteiger partial charge in [0.15, 0.2) is 6.29 Å². The van der Waals surface area contributed by atoms with Crippen LogP contribution in [-0.2, 0) is 0 Å². The molecule has 0 saturated heterocycles. The third kappa shape index (κ3) is 2.45. The van der Waals surface area contributed by atoms with Crippen LogP contribution in [0.1, 0.15) is 24.2 Å². The van der Waals surface area contributed by atoms with Gasteiger partial charge in [0.1, 0.15) is 0 Å². The van der Waals surface area contributed by atoms with Crippen LogP contribution in [0.5, 0.6) is 11.8 Å². The van der Waals surface area contributed by atoms with Crippen LogP contribution in [0.15, 0.2) is 12.1 Å². The average Bonchev–Trinajstić information content (AvgIpc) is 2.19. The maximum Gasteiger partial charge on any atom is 0.227 e. The third-order valence-corrected chi connectivity index (χ3v) is 1.56. The molecule has 0 unspecified atom stereocenters. The van der Waals surface area contributed by atoms with E-state index in [9.17, 15) is 4.79 Å². The molecule has 1 aromatic heterocycles. The molecule has 0 spiro atoms. The van der Waals surface area contributed by atoms with Crippen molar-refractivity contribution < 1.29 is 14.3 Å². The Bertz CT molecular complexity index is 312. The first kappa shape index (κ1) is 10.5. The molecule has 0 bridgehead atoms. The smallest absolute Gasteiger partial charge is 0.227 e. The Labute approximate surface area is 82.9 Å². The monoisotopic (exact) mass is 195 g/mol. The molecule has 1 heterocycles. The van der Waals surface area contributed by atoms with Crippen molar-refractivity contribution in [3.8, 4) is 11.8 Å². The predicted molar refractivity (Wildman–Crippen MR) is 52.0 cm³/mol. The summed E-state index contributed by atoms with van der Waals surface area (Å²) in [7, 11) is 0. The van der Waals surface area contributed by atoms with Gasteiger partial charge < -0.3 is 9.47 Å². The molecule has 0 aliphatic carbocycles. The van der Waals surface area contributed by atoms with Gasteiger partial charge in [-0.15, -0.1) is 0 Å². The average molecular weight is 195 g/mol. The maximum absolute atomic E-state index is 10.6. The van der Waals surface area contributed by atoms with E-state index in [1.165, 1.54) is 0 Å². The number of nitrogens with zero attached hydrogens (tertiary/aromatic N) is 1. The third-order valence-electron chi connectivity index (χ3n) is 1.56. The first-order chi connectivity index (χ1) is 6.81. The van der Waals surface area contributed by atoms with Gasteiger partial charge in [-0.2, -0.15) is 4.98 Å². The molecule has 4 heteroatoms. The molecule has 0 aromatic carbocycles. The minimum absolute atomic E-state index is 0.327. The van der Waals surface area contributed by atoms with Gasteiger partial charge >= 0.3 is 0 Å². The zero-order valence-corrected chi connectivity index (χ0v) is 8.32. The Morgan fingerprint density at radius 2 is 2.00 bits per heavy atom. The molecule has 76 valence electrons. The normalized spacial score (nSPS) is 9.57. The molecule has 0 saturated carbocycles. The molecule has 1 rings (SSSR count). The first-order valence-corrected chi connectivity index (χ1v) is 4.53. The van der Waals surface area contributed by atoms with E-state index < -0.39 is 0 Å². The van der Waals surface area contributed by atoms with Gasteiger partial charge in [-0.1, -0.05) is 0 Å². The van der Waals surface area contributed by atoms with Gasteiger partial charge in [0, 0.05) is 6.07 Å². The van der Waals surface area contributed by atoms with Crippen LogP contribution in [0.4, 0.5) is 0 Å². The summed E-state index contributed by atoms with van der Waals surface area (Å²) in [5, 5.41) is 0. The molecule has 0 atom stereocenters. The van der Waals surface area contributed by atoms with E-state index in [-0.39, 0.29) is 0 Å². The van der Waals surface area contributed by atoms with Gasteiger partial charge in [0.2, 0.25) is 11.8 Å². The lowest BCUT2D eigenvalue weighted by Crippen LogP contribution is -2.01. The lowest BCUT2D eigenvalue weighted by atomic mass is 10.3. The fraction of sp³-hybridized carbons (Fsp3) is 0.400. The molecule has 4 nitrogen and oxygen atoms in total. The maximum atomic E-state index is 10.6. The number of hydrogen-bond donors (Lipinski definition) is 0. The summed E-state index contributed by atoms with van der Waals surface area (Å²) in [5.74, 6) is 0.801. The number of aldehydes is 1. The summed E-state index contributed by atoms with van der Waals surface area (Å²) in [5.41, 5.74) is 0.440. The highest BCUT2D eigenvalue weighted by atomic mass is 16.5. The number of ether oxygens (including phenoxy) is 2. The minimum Gasteiger partial charge on any atom is -0.478 e. The van der Waals surface area contributed by atoms with Crippen molar-refractivity contribution >= 4 is 6.29 Å². The second-order valence-corrected chi connectivity index (χ2v) is 2.53. The fourth-order valence-corrected chi connectivity index (χ4v) is 1.00. The van der Waals surface area contributed by atoms with Crippen molar-refractivity contribution in [2.75, 3.05) is 13.2 Å². The molecule has 0 aliphatic heterocycles. The summed E-state index contributed by atoms with van der Waals surface area (Å²) in [6, 6.07) is 3.28. The van der Waals surface area contributed by atoms with Gasteiger partial charge in [-0.05, 0) is 19.9 Å². The van der Waals surface area contributed by atoms with Crippen molar-refractivity contribution in [3.63, 3.8) is 0 Å². The zero-order chi connectivity index (χ0) is 10.4. The zero-order valence-electron chi connectivity index (χ0n) is 8.32. The highest BCUT2D eigenvalue weighted by Crippen LogP contribution is 2.18. The van der Waals surface area contributed by atoms with Gasteiger partial charge in [0.05, 0.1) is 18.8 Å². The molecule has 0 radical (unpaired) electrons. The molecular formula is C10H13NO3. The molecule has 1 aromatic rings. The molecular weight excluding hydrogens is 182 g/mol. The highest BCUT2D eigenvalue weighted by molar-refractivity contribution is 5.78.